The van der Waals surface area contributed by atoms with E-state index in [0.717, 1.165) is 5.56 Å². The SMILES string of the molecule is N#Cc1nc(N[C@H](CCO)c2ccccc2)ccc1Cl. The predicted molar refractivity (Wildman–Crippen MR) is 78.5 cm³/mol. The van der Waals surface area contributed by atoms with Crippen LogP contribution in [0.1, 0.15) is 23.7 Å². The largest absolute Gasteiger partial charge is 0.396 e. The second-order valence-corrected chi connectivity index (χ2v) is 4.67. The third kappa shape index (κ3) is 3.47. The van der Waals surface area contributed by atoms with E-state index in [2.05, 4.69) is 10.3 Å². The van der Waals surface area contributed by atoms with Crippen molar-refractivity contribution >= 4 is 17.4 Å². The van der Waals surface area contributed by atoms with Crippen LogP contribution in [0.25, 0.3) is 0 Å². The fraction of sp³-hybridized carbons (Fsp3) is 0.200. The maximum absolute atomic E-state index is 9.19. The minimum Gasteiger partial charge on any atom is -0.396 e. The van der Waals surface area contributed by atoms with Gasteiger partial charge in [0, 0.05) is 6.61 Å². The van der Waals surface area contributed by atoms with Gasteiger partial charge in [0.15, 0.2) is 5.69 Å². The zero-order valence-electron chi connectivity index (χ0n) is 10.8. The normalized spacial score (nSPS) is 11.7. The molecule has 0 saturated heterocycles. The molecule has 1 aromatic heterocycles. The van der Waals surface area contributed by atoms with Crippen LogP contribution in [0, 0.1) is 11.3 Å². The van der Waals surface area contributed by atoms with Gasteiger partial charge in [-0.15, -0.1) is 0 Å². The van der Waals surface area contributed by atoms with Crippen molar-refractivity contribution in [3.05, 3.63) is 58.7 Å². The molecule has 0 aliphatic heterocycles. The van der Waals surface area contributed by atoms with E-state index in [1.165, 1.54) is 0 Å². The van der Waals surface area contributed by atoms with E-state index in [9.17, 15) is 5.11 Å². The summed E-state index contributed by atoms with van der Waals surface area (Å²) in [7, 11) is 0. The Morgan fingerprint density at radius 2 is 2.00 bits per heavy atom. The Hall–Kier alpha value is -2.09. The smallest absolute Gasteiger partial charge is 0.161 e. The lowest BCUT2D eigenvalue weighted by molar-refractivity contribution is 0.280. The number of hydrogen-bond donors (Lipinski definition) is 2. The molecule has 1 atom stereocenters. The highest BCUT2D eigenvalue weighted by molar-refractivity contribution is 6.31. The van der Waals surface area contributed by atoms with E-state index in [4.69, 9.17) is 16.9 Å². The molecule has 0 aliphatic carbocycles. The second kappa shape index (κ2) is 6.90. The Morgan fingerprint density at radius 3 is 2.65 bits per heavy atom. The van der Waals surface area contributed by atoms with Gasteiger partial charge in [-0.3, -0.25) is 0 Å². The molecular weight excluding hydrogens is 274 g/mol. The van der Waals surface area contributed by atoms with Gasteiger partial charge in [0.1, 0.15) is 11.9 Å². The number of benzene rings is 1. The van der Waals surface area contributed by atoms with Crippen LogP contribution in [0.15, 0.2) is 42.5 Å². The first kappa shape index (κ1) is 14.3. The van der Waals surface area contributed by atoms with Crippen molar-refractivity contribution in [1.29, 1.82) is 5.26 Å². The molecule has 1 heterocycles. The molecule has 0 radical (unpaired) electrons. The Labute approximate surface area is 122 Å². The lowest BCUT2D eigenvalue weighted by Gasteiger charge is -2.19. The lowest BCUT2D eigenvalue weighted by atomic mass is 10.0. The minimum atomic E-state index is -0.0681. The van der Waals surface area contributed by atoms with Crippen LogP contribution in [0.5, 0.6) is 0 Å². The molecule has 5 heteroatoms. The van der Waals surface area contributed by atoms with Crippen molar-refractivity contribution in [2.24, 2.45) is 0 Å². The van der Waals surface area contributed by atoms with Gasteiger partial charge in [0.25, 0.3) is 0 Å². The number of nitrogens with zero attached hydrogens (tertiary/aromatic N) is 2. The standard InChI is InChI=1S/C15H14ClN3O/c16-12-6-7-15(19-14(12)10-17)18-13(8-9-20)11-4-2-1-3-5-11/h1-7,13,20H,8-9H2,(H,18,19)/t13-/m1/s1. The van der Waals surface area contributed by atoms with Crippen LogP contribution in [-0.4, -0.2) is 16.7 Å². The van der Waals surface area contributed by atoms with E-state index in [0.29, 0.717) is 17.3 Å². The first-order valence-corrected chi connectivity index (χ1v) is 6.61. The molecule has 1 aromatic carbocycles. The molecule has 0 fully saturated rings. The van der Waals surface area contributed by atoms with Crippen LogP contribution < -0.4 is 5.32 Å². The zero-order chi connectivity index (χ0) is 14.4. The summed E-state index contributed by atoms with van der Waals surface area (Å²) in [6, 6.07) is 15.0. The Kier molecular flexibility index (Phi) is 4.94. The quantitative estimate of drug-likeness (QED) is 0.886. The number of hydrogen-bond acceptors (Lipinski definition) is 4. The van der Waals surface area contributed by atoms with Crippen molar-refractivity contribution in [2.75, 3.05) is 11.9 Å². The lowest BCUT2D eigenvalue weighted by Crippen LogP contribution is -2.13. The zero-order valence-corrected chi connectivity index (χ0v) is 11.5. The first-order valence-electron chi connectivity index (χ1n) is 6.23. The molecule has 0 bridgehead atoms. The second-order valence-electron chi connectivity index (χ2n) is 4.26. The first-order chi connectivity index (χ1) is 9.74. The maximum Gasteiger partial charge on any atom is 0.161 e. The summed E-state index contributed by atoms with van der Waals surface area (Å²) in [5, 5.41) is 21.7. The molecule has 2 aromatic rings. The summed E-state index contributed by atoms with van der Waals surface area (Å²) in [6.45, 7) is 0.0608. The number of aliphatic hydroxyl groups excluding tert-OH is 1. The molecule has 0 saturated carbocycles. The number of halogens is 1. The summed E-state index contributed by atoms with van der Waals surface area (Å²) in [4.78, 5) is 4.15. The van der Waals surface area contributed by atoms with Crippen LogP contribution in [-0.2, 0) is 0 Å². The Morgan fingerprint density at radius 1 is 1.25 bits per heavy atom. The molecule has 102 valence electrons. The van der Waals surface area contributed by atoms with E-state index in [-0.39, 0.29) is 18.3 Å². The third-order valence-electron chi connectivity index (χ3n) is 2.89. The summed E-state index contributed by atoms with van der Waals surface area (Å²) in [5.74, 6) is 0.563. The molecule has 0 aliphatic rings. The summed E-state index contributed by atoms with van der Waals surface area (Å²) >= 11 is 5.86. The molecule has 2 N–H and O–H groups in total. The topological polar surface area (TPSA) is 68.9 Å². The van der Waals surface area contributed by atoms with Crippen molar-refractivity contribution in [3.8, 4) is 6.07 Å². The number of aromatic nitrogens is 1. The maximum atomic E-state index is 9.19. The van der Waals surface area contributed by atoms with Crippen molar-refractivity contribution in [1.82, 2.24) is 4.98 Å². The number of aliphatic hydroxyl groups is 1. The van der Waals surface area contributed by atoms with Crippen LogP contribution >= 0.6 is 11.6 Å². The number of nitrogens with one attached hydrogen (secondary N) is 1. The van der Waals surface area contributed by atoms with Gasteiger partial charge >= 0.3 is 0 Å². The van der Waals surface area contributed by atoms with E-state index < -0.39 is 0 Å². The molecular formula is C15H14ClN3O. The monoisotopic (exact) mass is 287 g/mol. The van der Waals surface area contributed by atoms with Gasteiger partial charge in [-0.1, -0.05) is 41.9 Å². The molecule has 4 nitrogen and oxygen atoms in total. The summed E-state index contributed by atoms with van der Waals surface area (Å²) < 4.78 is 0. The van der Waals surface area contributed by atoms with Crippen molar-refractivity contribution in [2.45, 2.75) is 12.5 Å². The van der Waals surface area contributed by atoms with E-state index in [1.54, 1.807) is 12.1 Å². The van der Waals surface area contributed by atoms with Gasteiger partial charge in [-0.2, -0.15) is 5.26 Å². The van der Waals surface area contributed by atoms with E-state index >= 15 is 0 Å². The highest BCUT2D eigenvalue weighted by Gasteiger charge is 2.12. The molecule has 20 heavy (non-hydrogen) atoms. The molecule has 0 unspecified atom stereocenters. The van der Waals surface area contributed by atoms with Gasteiger partial charge in [0.05, 0.1) is 11.1 Å². The Bertz CT molecular complexity index is 610. The van der Waals surface area contributed by atoms with Gasteiger partial charge < -0.3 is 10.4 Å². The average Bonchev–Trinajstić information content (AvgIpc) is 2.49. The molecule has 2 rings (SSSR count). The summed E-state index contributed by atoms with van der Waals surface area (Å²) in [6.07, 6.45) is 0.552. The fourth-order valence-corrected chi connectivity index (χ4v) is 2.06. The predicted octanol–water partition coefficient (Wildman–Crippen LogP) is 3.14. The number of pyridine rings is 1. The number of rotatable bonds is 5. The molecule has 0 amide bonds. The summed E-state index contributed by atoms with van der Waals surface area (Å²) in [5.41, 5.74) is 1.24. The van der Waals surface area contributed by atoms with Crippen LogP contribution in [0.2, 0.25) is 5.02 Å². The van der Waals surface area contributed by atoms with E-state index in [1.807, 2.05) is 36.4 Å². The van der Waals surface area contributed by atoms with Crippen molar-refractivity contribution < 1.29 is 5.11 Å². The van der Waals surface area contributed by atoms with Gasteiger partial charge in [0.2, 0.25) is 0 Å². The van der Waals surface area contributed by atoms with Crippen LogP contribution in [0.3, 0.4) is 0 Å². The average molecular weight is 288 g/mol. The van der Waals surface area contributed by atoms with Gasteiger partial charge in [-0.25, -0.2) is 4.98 Å². The van der Waals surface area contributed by atoms with Crippen LogP contribution in [0.4, 0.5) is 5.82 Å². The number of nitriles is 1. The Balaban J connectivity index is 2.23. The highest BCUT2D eigenvalue weighted by Crippen LogP contribution is 2.23. The van der Waals surface area contributed by atoms with Crippen molar-refractivity contribution in [3.63, 3.8) is 0 Å². The third-order valence-corrected chi connectivity index (χ3v) is 3.20. The minimum absolute atomic E-state index is 0.0608. The molecule has 0 spiro atoms. The fourth-order valence-electron chi connectivity index (χ4n) is 1.92. The highest BCUT2D eigenvalue weighted by atomic mass is 35.5. The number of anilines is 1. The van der Waals surface area contributed by atoms with Gasteiger partial charge in [-0.05, 0) is 24.1 Å².